The topological polar surface area (TPSA) is 58.6 Å². The maximum Gasteiger partial charge on any atom is 0.387 e. The number of hydrogen-bond acceptors (Lipinski definition) is 4. The van der Waals surface area contributed by atoms with Crippen LogP contribution in [0.15, 0.2) is 23.1 Å². The van der Waals surface area contributed by atoms with Gasteiger partial charge in [-0.1, -0.05) is 13.0 Å². The molecule has 27 heavy (non-hydrogen) atoms. The molecule has 1 atom stereocenters. The van der Waals surface area contributed by atoms with Crippen molar-refractivity contribution in [3.63, 3.8) is 0 Å². The van der Waals surface area contributed by atoms with E-state index in [4.69, 9.17) is 0 Å². The van der Waals surface area contributed by atoms with Crippen LogP contribution in [-0.4, -0.2) is 46.1 Å². The van der Waals surface area contributed by atoms with Crippen LogP contribution in [0.1, 0.15) is 37.3 Å². The van der Waals surface area contributed by atoms with Crippen molar-refractivity contribution in [1.29, 1.82) is 0 Å². The first-order valence-corrected chi connectivity index (χ1v) is 10.8. The monoisotopic (exact) mass is 400 g/mol. The molecule has 0 amide bonds. The quantitative estimate of drug-likeness (QED) is 0.764. The summed E-state index contributed by atoms with van der Waals surface area (Å²) < 4.78 is 56.9. The highest BCUT2D eigenvalue weighted by Gasteiger charge is 2.23. The number of nitrogens with zero attached hydrogens (tertiary/aromatic N) is 1. The van der Waals surface area contributed by atoms with Gasteiger partial charge in [-0.3, -0.25) is 0 Å². The molecule has 1 aliphatic carbocycles. The highest BCUT2D eigenvalue weighted by Crippen LogP contribution is 2.30. The molecule has 150 valence electrons. The first-order valence-electron chi connectivity index (χ1n) is 9.34. The van der Waals surface area contributed by atoms with E-state index in [0.29, 0.717) is 36.8 Å². The third kappa shape index (κ3) is 5.49. The first-order chi connectivity index (χ1) is 12.8. The highest BCUT2D eigenvalue weighted by molar-refractivity contribution is 7.93. The van der Waals surface area contributed by atoms with Gasteiger partial charge >= 0.3 is 6.61 Å². The van der Waals surface area contributed by atoms with Gasteiger partial charge in [0.1, 0.15) is 5.75 Å². The zero-order chi connectivity index (χ0) is 19.4. The molecule has 1 heterocycles. The molecule has 1 saturated heterocycles. The SMILES string of the molecule is CC1CCCN(CCNS(=O)(=O)C2=Cc3ccc(OC(F)F)cc3CC2)C1. The van der Waals surface area contributed by atoms with Crippen molar-refractivity contribution in [2.75, 3.05) is 26.2 Å². The highest BCUT2D eigenvalue weighted by atomic mass is 32.2. The lowest BCUT2D eigenvalue weighted by Gasteiger charge is -2.30. The minimum Gasteiger partial charge on any atom is -0.435 e. The standard InChI is InChI=1S/C19H26F2N2O3S/c1-14-3-2-9-23(13-14)10-8-22-27(24,25)18-7-5-15-11-17(26-19(20)21)6-4-16(15)12-18/h4,6,11-12,14,19,22H,2-3,5,7-10,13H2,1H3. The zero-order valence-electron chi connectivity index (χ0n) is 15.5. The molecular formula is C19H26F2N2O3S. The second kappa shape index (κ2) is 8.67. The second-order valence-electron chi connectivity index (χ2n) is 7.30. The van der Waals surface area contributed by atoms with Crippen LogP contribution in [0.5, 0.6) is 5.75 Å². The first kappa shape index (κ1) is 20.2. The Balaban J connectivity index is 1.60. The summed E-state index contributed by atoms with van der Waals surface area (Å²) in [4.78, 5) is 2.63. The van der Waals surface area contributed by atoms with Crippen LogP contribution in [0.4, 0.5) is 8.78 Å². The Kier molecular flexibility index (Phi) is 6.49. The normalized spacial score (nSPS) is 21.0. The Hall–Kier alpha value is -1.51. The fourth-order valence-electron chi connectivity index (χ4n) is 3.75. The van der Waals surface area contributed by atoms with Crippen molar-refractivity contribution in [3.8, 4) is 5.75 Å². The van der Waals surface area contributed by atoms with Crippen LogP contribution in [0, 0.1) is 5.92 Å². The molecule has 1 aromatic carbocycles. The predicted octanol–water partition coefficient (Wildman–Crippen LogP) is 3.23. The Morgan fingerprint density at radius 2 is 2.15 bits per heavy atom. The minimum atomic E-state index is -3.54. The molecule has 2 aliphatic rings. The average molecular weight is 400 g/mol. The maximum atomic E-state index is 12.6. The molecule has 1 N–H and O–H groups in total. The van der Waals surface area contributed by atoms with Gasteiger partial charge in [0.25, 0.3) is 0 Å². The van der Waals surface area contributed by atoms with E-state index in [-0.39, 0.29) is 5.75 Å². The Morgan fingerprint density at radius 1 is 1.33 bits per heavy atom. The number of piperidine rings is 1. The van der Waals surface area contributed by atoms with Crippen LogP contribution in [0.2, 0.25) is 0 Å². The smallest absolute Gasteiger partial charge is 0.387 e. The van der Waals surface area contributed by atoms with Crippen LogP contribution in [0.25, 0.3) is 6.08 Å². The number of sulfonamides is 1. The largest absolute Gasteiger partial charge is 0.435 e. The lowest BCUT2D eigenvalue weighted by Crippen LogP contribution is -2.40. The summed E-state index contributed by atoms with van der Waals surface area (Å²) in [6.07, 6.45) is 4.84. The van der Waals surface area contributed by atoms with Gasteiger partial charge in [0.15, 0.2) is 0 Å². The lowest BCUT2D eigenvalue weighted by molar-refractivity contribution is -0.0498. The van der Waals surface area contributed by atoms with Gasteiger partial charge < -0.3 is 9.64 Å². The number of nitrogens with one attached hydrogen (secondary N) is 1. The molecule has 0 radical (unpaired) electrons. The number of rotatable bonds is 7. The summed E-state index contributed by atoms with van der Waals surface area (Å²) in [5.41, 5.74) is 1.54. The molecule has 0 saturated carbocycles. The number of fused-ring (bicyclic) bond motifs is 1. The van der Waals surface area contributed by atoms with Crippen molar-refractivity contribution in [2.45, 2.75) is 39.2 Å². The van der Waals surface area contributed by atoms with Gasteiger partial charge in [-0.05, 0) is 67.5 Å². The summed E-state index contributed by atoms with van der Waals surface area (Å²) in [6.45, 7) is 2.48. The van der Waals surface area contributed by atoms with E-state index in [2.05, 4.69) is 21.3 Å². The van der Waals surface area contributed by atoms with Gasteiger partial charge in [-0.2, -0.15) is 8.78 Å². The Morgan fingerprint density at radius 3 is 2.89 bits per heavy atom. The van der Waals surface area contributed by atoms with E-state index in [1.807, 2.05) is 0 Å². The summed E-state index contributed by atoms with van der Waals surface area (Å²) >= 11 is 0. The maximum absolute atomic E-state index is 12.6. The summed E-state index contributed by atoms with van der Waals surface area (Å²) in [5, 5.41) is 0. The fourth-order valence-corrected chi connectivity index (χ4v) is 4.95. The molecular weight excluding hydrogens is 374 g/mol. The van der Waals surface area contributed by atoms with Gasteiger partial charge in [0.2, 0.25) is 10.0 Å². The van der Waals surface area contributed by atoms with E-state index in [0.717, 1.165) is 30.6 Å². The number of hydrogen-bond donors (Lipinski definition) is 1. The summed E-state index contributed by atoms with van der Waals surface area (Å²) in [5.74, 6) is 0.754. The van der Waals surface area contributed by atoms with Gasteiger partial charge in [0.05, 0.1) is 4.91 Å². The van der Waals surface area contributed by atoms with Crippen molar-refractivity contribution in [2.24, 2.45) is 5.92 Å². The van der Waals surface area contributed by atoms with E-state index < -0.39 is 16.6 Å². The zero-order valence-corrected chi connectivity index (χ0v) is 16.3. The third-order valence-electron chi connectivity index (χ3n) is 5.10. The molecule has 0 bridgehead atoms. The summed E-state index contributed by atoms with van der Waals surface area (Å²) in [7, 11) is -3.54. The number of benzene rings is 1. The van der Waals surface area contributed by atoms with E-state index >= 15 is 0 Å². The molecule has 1 fully saturated rings. The Bertz CT molecular complexity index is 796. The number of ether oxygens (including phenoxy) is 1. The molecule has 0 aromatic heterocycles. The number of alkyl halides is 2. The van der Waals surface area contributed by atoms with Gasteiger partial charge in [-0.25, -0.2) is 13.1 Å². The third-order valence-corrected chi connectivity index (χ3v) is 6.70. The number of aryl methyl sites for hydroxylation is 1. The molecule has 8 heteroatoms. The van der Waals surface area contributed by atoms with Crippen LogP contribution in [0.3, 0.4) is 0 Å². The van der Waals surface area contributed by atoms with Crippen molar-refractivity contribution < 1.29 is 21.9 Å². The van der Waals surface area contributed by atoms with Crippen LogP contribution < -0.4 is 9.46 Å². The Labute approximate surface area is 159 Å². The summed E-state index contributed by atoms with van der Waals surface area (Å²) in [6, 6.07) is 4.60. The predicted molar refractivity (Wildman–Crippen MR) is 101 cm³/mol. The molecule has 0 spiro atoms. The van der Waals surface area contributed by atoms with E-state index in [1.165, 1.54) is 12.5 Å². The second-order valence-corrected chi connectivity index (χ2v) is 9.12. The molecule has 5 nitrogen and oxygen atoms in total. The molecule has 3 rings (SSSR count). The number of allylic oxidation sites excluding steroid dienone is 1. The number of halogens is 2. The number of likely N-dealkylation sites (tertiary alicyclic amines) is 1. The average Bonchev–Trinajstić information content (AvgIpc) is 2.60. The van der Waals surface area contributed by atoms with Crippen molar-refractivity contribution >= 4 is 16.1 Å². The van der Waals surface area contributed by atoms with Crippen LogP contribution >= 0.6 is 0 Å². The van der Waals surface area contributed by atoms with E-state index in [9.17, 15) is 17.2 Å². The van der Waals surface area contributed by atoms with Crippen LogP contribution in [-0.2, 0) is 16.4 Å². The molecule has 1 aromatic rings. The molecule has 1 unspecified atom stereocenters. The van der Waals surface area contributed by atoms with Crippen molar-refractivity contribution in [1.82, 2.24) is 9.62 Å². The van der Waals surface area contributed by atoms with Gasteiger partial charge in [0, 0.05) is 19.6 Å². The minimum absolute atomic E-state index is 0.0948. The lowest BCUT2D eigenvalue weighted by atomic mass is 9.97. The van der Waals surface area contributed by atoms with Gasteiger partial charge in [-0.15, -0.1) is 0 Å². The van der Waals surface area contributed by atoms with Crippen molar-refractivity contribution in [3.05, 3.63) is 34.2 Å². The molecule has 1 aliphatic heterocycles. The van der Waals surface area contributed by atoms with E-state index in [1.54, 1.807) is 18.2 Å². The fraction of sp³-hybridized carbons (Fsp3) is 0.579.